The Hall–Kier alpha value is -1.26. The summed E-state index contributed by atoms with van der Waals surface area (Å²) >= 11 is 3.17. The quantitative estimate of drug-likeness (QED) is 0.918. The van der Waals surface area contributed by atoms with Gasteiger partial charge in [-0.05, 0) is 18.2 Å². The van der Waals surface area contributed by atoms with Gasteiger partial charge in [-0.3, -0.25) is 4.98 Å². The number of rotatable bonds is 2. The average Bonchev–Trinajstić information content (AvgIpc) is 2.29. The number of halogens is 2. The number of pyridine rings is 1. The van der Waals surface area contributed by atoms with E-state index in [1.807, 2.05) is 0 Å². The Labute approximate surface area is 101 Å². The van der Waals surface area contributed by atoms with Crippen molar-refractivity contribution in [3.05, 3.63) is 64.1 Å². The zero-order valence-corrected chi connectivity index (χ0v) is 9.86. The minimum Gasteiger partial charge on any atom is -0.383 e. The first-order valence-corrected chi connectivity index (χ1v) is 5.50. The Morgan fingerprint density at radius 1 is 1.31 bits per heavy atom. The number of aromatic nitrogens is 1. The zero-order valence-electron chi connectivity index (χ0n) is 8.27. The fourth-order valence-electron chi connectivity index (χ4n) is 1.44. The molecular weight excluding hydrogens is 273 g/mol. The Kier molecular flexibility index (Phi) is 3.31. The molecule has 0 bridgehead atoms. The van der Waals surface area contributed by atoms with Crippen LogP contribution in [0.2, 0.25) is 0 Å². The average molecular weight is 282 g/mol. The number of benzene rings is 1. The second-order valence-corrected chi connectivity index (χ2v) is 4.27. The van der Waals surface area contributed by atoms with Crippen LogP contribution in [0.15, 0.2) is 47.2 Å². The number of hydrogen-bond donors (Lipinski definition) is 1. The van der Waals surface area contributed by atoms with Gasteiger partial charge in [0.25, 0.3) is 0 Å². The van der Waals surface area contributed by atoms with E-state index in [1.54, 1.807) is 30.5 Å². The molecule has 0 aliphatic carbocycles. The van der Waals surface area contributed by atoms with Crippen LogP contribution in [-0.2, 0) is 0 Å². The molecule has 0 aliphatic heterocycles. The summed E-state index contributed by atoms with van der Waals surface area (Å²) in [6.45, 7) is 0. The van der Waals surface area contributed by atoms with Crippen LogP contribution in [-0.4, -0.2) is 10.1 Å². The van der Waals surface area contributed by atoms with E-state index in [0.29, 0.717) is 10.0 Å². The fraction of sp³-hybridized carbons (Fsp3) is 0.0833. The van der Waals surface area contributed by atoms with Crippen molar-refractivity contribution in [2.75, 3.05) is 0 Å². The molecule has 0 aliphatic rings. The second kappa shape index (κ2) is 4.72. The number of aliphatic hydroxyl groups excluding tert-OH is 1. The van der Waals surface area contributed by atoms with Crippen LogP contribution in [0.5, 0.6) is 0 Å². The predicted octanol–water partition coefficient (Wildman–Crippen LogP) is 3.06. The van der Waals surface area contributed by atoms with Gasteiger partial charge < -0.3 is 5.11 Å². The molecule has 0 fully saturated rings. The molecule has 1 heterocycles. The van der Waals surface area contributed by atoms with Crippen LogP contribution in [0, 0.1) is 5.82 Å². The maximum atomic E-state index is 13.6. The first-order chi connectivity index (χ1) is 7.68. The third kappa shape index (κ3) is 2.28. The van der Waals surface area contributed by atoms with Gasteiger partial charge in [-0.2, -0.15) is 0 Å². The first kappa shape index (κ1) is 11.2. The minimum atomic E-state index is -0.984. The summed E-state index contributed by atoms with van der Waals surface area (Å²) in [4.78, 5) is 3.89. The highest BCUT2D eigenvalue weighted by molar-refractivity contribution is 9.10. The van der Waals surface area contributed by atoms with Gasteiger partial charge in [-0.1, -0.05) is 28.1 Å². The maximum Gasteiger partial charge on any atom is 0.130 e. The van der Waals surface area contributed by atoms with E-state index in [-0.39, 0.29) is 5.56 Å². The van der Waals surface area contributed by atoms with Gasteiger partial charge >= 0.3 is 0 Å². The van der Waals surface area contributed by atoms with Crippen molar-refractivity contribution < 1.29 is 9.50 Å². The van der Waals surface area contributed by atoms with Gasteiger partial charge in [0, 0.05) is 28.0 Å². The zero-order chi connectivity index (χ0) is 11.5. The van der Waals surface area contributed by atoms with Crippen LogP contribution in [0.25, 0.3) is 0 Å². The van der Waals surface area contributed by atoms with E-state index in [0.717, 1.165) is 0 Å². The van der Waals surface area contributed by atoms with Crippen LogP contribution in [0.1, 0.15) is 17.2 Å². The number of aliphatic hydroxyl groups is 1. The van der Waals surface area contributed by atoms with Crippen molar-refractivity contribution in [1.29, 1.82) is 0 Å². The van der Waals surface area contributed by atoms with Crippen molar-refractivity contribution in [2.24, 2.45) is 0 Å². The lowest BCUT2D eigenvalue weighted by Gasteiger charge is -2.11. The van der Waals surface area contributed by atoms with E-state index >= 15 is 0 Å². The van der Waals surface area contributed by atoms with Gasteiger partial charge in [-0.25, -0.2) is 4.39 Å². The second-order valence-electron chi connectivity index (χ2n) is 3.35. The Bertz CT molecular complexity index is 490. The van der Waals surface area contributed by atoms with Gasteiger partial charge in [-0.15, -0.1) is 0 Å². The molecule has 2 nitrogen and oxygen atoms in total. The third-order valence-corrected chi connectivity index (χ3v) is 2.75. The van der Waals surface area contributed by atoms with E-state index in [1.165, 1.54) is 12.3 Å². The molecule has 0 saturated heterocycles. The molecule has 4 heteroatoms. The summed E-state index contributed by atoms with van der Waals surface area (Å²) in [5, 5.41) is 9.97. The van der Waals surface area contributed by atoms with Crippen molar-refractivity contribution in [2.45, 2.75) is 6.10 Å². The SMILES string of the molecule is OC(c1cccnc1)c1ccc(Br)cc1F. The van der Waals surface area contributed by atoms with Gasteiger partial charge in [0.1, 0.15) is 11.9 Å². The van der Waals surface area contributed by atoms with Crippen LogP contribution in [0.4, 0.5) is 4.39 Å². The molecule has 0 radical (unpaired) electrons. The summed E-state index contributed by atoms with van der Waals surface area (Å²) in [5.41, 5.74) is 0.819. The molecule has 0 amide bonds. The Morgan fingerprint density at radius 3 is 2.75 bits per heavy atom. The third-order valence-electron chi connectivity index (χ3n) is 2.26. The van der Waals surface area contributed by atoms with Crippen LogP contribution >= 0.6 is 15.9 Å². The molecule has 0 spiro atoms. The molecule has 0 saturated carbocycles. The lowest BCUT2D eigenvalue weighted by atomic mass is 10.0. The molecule has 1 aromatic heterocycles. The lowest BCUT2D eigenvalue weighted by molar-refractivity contribution is 0.214. The topological polar surface area (TPSA) is 33.1 Å². The van der Waals surface area contributed by atoms with Gasteiger partial charge in [0.05, 0.1) is 0 Å². The maximum absolute atomic E-state index is 13.6. The summed E-state index contributed by atoms with van der Waals surface area (Å²) in [6, 6.07) is 7.98. The van der Waals surface area contributed by atoms with E-state index in [9.17, 15) is 9.50 Å². The van der Waals surface area contributed by atoms with Crippen LogP contribution < -0.4 is 0 Å². The monoisotopic (exact) mass is 281 g/mol. The van der Waals surface area contributed by atoms with Crippen molar-refractivity contribution in [3.63, 3.8) is 0 Å². The molecule has 16 heavy (non-hydrogen) atoms. The summed E-state index contributed by atoms with van der Waals surface area (Å²) in [7, 11) is 0. The number of hydrogen-bond acceptors (Lipinski definition) is 2. The number of nitrogens with zero attached hydrogens (tertiary/aromatic N) is 1. The molecule has 1 N–H and O–H groups in total. The Morgan fingerprint density at radius 2 is 2.12 bits per heavy atom. The van der Waals surface area contributed by atoms with Gasteiger partial charge in [0.2, 0.25) is 0 Å². The largest absolute Gasteiger partial charge is 0.383 e. The molecule has 2 rings (SSSR count). The summed E-state index contributed by atoms with van der Waals surface area (Å²) in [6.07, 6.45) is 2.14. The standard InChI is InChI=1S/C12H9BrFNO/c13-9-3-4-10(11(14)6-9)12(16)8-2-1-5-15-7-8/h1-7,12,16H. The first-order valence-electron chi connectivity index (χ1n) is 4.71. The van der Waals surface area contributed by atoms with Crippen molar-refractivity contribution in [1.82, 2.24) is 4.98 Å². The highest BCUT2D eigenvalue weighted by atomic mass is 79.9. The Balaban J connectivity index is 2.38. The lowest BCUT2D eigenvalue weighted by Crippen LogP contribution is -2.02. The molecule has 1 aromatic carbocycles. The highest BCUT2D eigenvalue weighted by Crippen LogP contribution is 2.25. The molecule has 1 unspecified atom stereocenters. The van der Waals surface area contributed by atoms with Gasteiger partial charge in [0.15, 0.2) is 0 Å². The van der Waals surface area contributed by atoms with Crippen molar-refractivity contribution >= 4 is 15.9 Å². The molecular formula is C12H9BrFNO. The van der Waals surface area contributed by atoms with Crippen LogP contribution in [0.3, 0.4) is 0 Å². The summed E-state index contributed by atoms with van der Waals surface area (Å²) < 4.78 is 14.2. The van der Waals surface area contributed by atoms with E-state index < -0.39 is 11.9 Å². The summed E-state index contributed by atoms with van der Waals surface area (Å²) in [5.74, 6) is -0.439. The van der Waals surface area contributed by atoms with E-state index in [2.05, 4.69) is 20.9 Å². The molecule has 2 aromatic rings. The molecule has 82 valence electrons. The van der Waals surface area contributed by atoms with E-state index in [4.69, 9.17) is 0 Å². The fourth-order valence-corrected chi connectivity index (χ4v) is 1.77. The smallest absolute Gasteiger partial charge is 0.130 e. The normalized spacial score (nSPS) is 12.4. The van der Waals surface area contributed by atoms with Crippen molar-refractivity contribution in [3.8, 4) is 0 Å². The molecule has 1 atom stereocenters. The predicted molar refractivity (Wildman–Crippen MR) is 62.4 cm³/mol. The highest BCUT2D eigenvalue weighted by Gasteiger charge is 2.14. The minimum absolute atomic E-state index is 0.246.